The zero-order chi connectivity index (χ0) is 15.1. The topological polar surface area (TPSA) is 87.7 Å². The quantitative estimate of drug-likeness (QED) is 0.728. The van der Waals surface area contributed by atoms with Crippen molar-refractivity contribution in [2.45, 2.75) is 25.4 Å². The summed E-state index contributed by atoms with van der Waals surface area (Å²) in [7, 11) is 0. The van der Waals surface area contributed by atoms with Crippen LogP contribution in [0, 0.1) is 0 Å². The van der Waals surface area contributed by atoms with E-state index in [1.54, 1.807) is 24.3 Å². The fraction of sp³-hybridized carbons (Fsp3) is 0.467. The van der Waals surface area contributed by atoms with Gasteiger partial charge in [-0.05, 0) is 43.6 Å². The molecular weight excluding hydrogens is 272 g/mol. The Morgan fingerprint density at radius 3 is 2.81 bits per heavy atom. The van der Waals surface area contributed by atoms with Crippen molar-refractivity contribution in [1.82, 2.24) is 5.32 Å². The Labute approximate surface area is 123 Å². The summed E-state index contributed by atoms with van der Waals surface area (Å²) in [5, 5.41) is 14.7. The average molecular weight is 292 g/mol. The number of carboxylic acids is 1. The van der Waals surface area contributed by atoms with Crippen molar-refractivity contribution in [3.63, 3.8) is 0 Å². The average Bonchev–Trinajstić information content (AvgIpc) is 2.46. The first-order chi connectivity index (χ1) is 10.1. The third kappa shape index (κ3) is 5.53. The molecule has 0 spiro atoms. The summed E-state index contributed by atoms with van der Waals surface area (Å²) < 4.78 is 5.57. The van der Waals surface area contributed by atoms with Gasteiger partial charge in [0.25, 0.3) is 0 Å². The number of carboxylic acid groups (broad SMARTS) is 1. The molecule has 2 rings (SSSR count). The minimum atomic E-state index is -0.896. The van der Waals surface area contributed by atoms with Crippen LogP contribution in [0.25, 0.3) is 0 Å². The minimum absolute atomic E-state index is 0.0217. The lowest BCUT2D eigenvalue weighted by atomic mass is 10.1. The van der Waals surface area contributed by atoms with Crippen molar-refractivity contribution in [2.24, 2.45) is 0 Å². The van der Waals surface area contributed by atoms with Crippen molar-refractivity contribution in [3.05, 3.63) is 29.8 Å². The highest BCUT2D eigenvalue weighted by Gasteiger charge is 2.14. The van der Waals surface area contributed by atoms with E-state index in [0.29, 0.717) is 11.3 Å². The lowest BCUT2D eigenvalue weighted by Crippen LogP contribution is -2.34. The molecule has 0 aromatic heterocycles. The van der Waals surface area contributed by atoms with Gasteiger partial charge in [-0.3, -0.25) is 9.59 Å². The summed E-state index contributed by atoms with van der Waals surface area (Å²) in [4.78, 5) is 22.5. The van der Waals surface area contributed by atoms with Crippen molar-refractivity contribution in [1.29, 1.82) is 0 Å². The third-order valence-electron chi connectivity index (χ3n) is 3.30. The van der Waals surface area contributed by atoms with Crippen molar-refractivity contribution in [3.8, 4) is 0 Å². The third-order valence-corrected chi connectivity index (χ3v) is 3.30. The number of rotatable bonds is 6. The normalized spacial score (nSPS) is 15.6. The number of aliphatic carboxylic acids is 1. The van der Waals surface area contributed by atoms with Crippen LogP contribution >= 0.6 is 0 Å². The van der Waals surface area contributed by atoms with E-state index in [9.17, 15) is 9.59 Å². The predicted octanol–water partition coefficient (Wildman–Crippen LogP) is 1.02. The van der Waals surface area contributed by atoms with E-state index in [0.717, 1.165) is 25.9 Å². The minimum Gasteiger partial charge on any atom is -0.481 e. The molecule has 6 nitrogen and oxygen atoms in total. The zero-order valence-corrected chi connectivity index (χ0v) is 11.8. The monoisotopic (exact) mass is 292 g/mol. The standard InChI is InChI=1S/C15H20N2O4/c18-14(10-21-13-4-6-16-7-5-13)17-12-3-1-2-11(8-12)9-15(19)20/h1-3,8,13,16H,4-7,9-10H2,(H,17,18)(H,19,20). The molecule has 114 valence electrons. The van der Waals surface area contributed by atoms with Crippen molar-refractivity contribution >= 4 is 17.6 Å². The number of anilines is 1. The SMILES string of the molecule is O=C(O)Cc1cccc(NC(=O)COC2CCNCC2)c1. The molecule has 1 aromatic rings. The smallest absolute Gasteiger partial charge is 0.307 e. The molecule has 21 heavy (non-hydrogen) atoms. The van der Waals surface area contributed by atoms with E-state index >= 15 is 0 Å². The number of ether oxygens (including phenoxy) is 1. The lowest BCUT2D eigenvalue weighted by Gasteiger charge is -2.22. The molecule has 0 atom stereocenters. The van der Waals surface area contributed by atoms with Gasteiger partial charge in [-0.2, -0.15) is 0 Å². The summed E-state index contributed by atoms with van der Waals surface area (Å²) in [5.41, 5.74) is 1.24. The van der Waals surface area contributed by atoms with Gasteiger partial charge in [0.05, 0.1) is 12.5 Å². The van der Waals surface area contributed by atoms with Gasteiger partial charge in [0.2, 0.25) is 5.91 Å². The maximum absolute atomic E-state index is 11.8. The fourth-order valence-electron chi connectivity index (χ4n) is 2.29. The first kappa shape index (κ1) is 15.5. The highest BCUT2D eigenvalue weighted by atomic mass is 16.5. The van der Waals surface area contributed by atoms with E-state index in [1.165, 1.54) is 0 Å². The molecule has 6 heteroatoms. The summed E-state index contributed by atoms with van der Waals surface area (Å²) in [6.07, 6.45) is 1.91. The summed E-state index contributed by atoms with van der Waals surface area (Å²) in [6.45, 7) is 1.86. The van der Waals surface area contributed by atoms with Crippen LogP contribution in [0.15, 0.2) is 24.3 Å². The molecule has 0 aliphatic carbocycles. The van der Waals surface area contributed by atoms with Crippen LogP contribution < -0.4 is 10.6 Å². The van der Waals surface area contributed by atoms with E-state index in [4.69, 9.17) is 9.84 Å². The van der Waals surface area contributed by atoms with Crippen molar-refractivity contribution in [2.75, 3.05) is 25.0 Å². The number of piperidine rings is 1. The molecule has 0 unspecified atom stereocenters. The second-order valence-corrected chi connectivity index (χ2v) is 5.08. The zero-order valence-electron chi connectivity index (χ0n) is 11.8. The Morgan fingerprint density at radius 2 is 2.10 bits per heavy atom. The van der Waals surface area contributed by atoms with Crippen LogP contribution in [-0.2, 0) is 20.7 Å². The molecule has 3 N–H and O–H groups in total. The lowest BCUT2D eigenvalue weighted by molar-refractivity contribution is -0.136. The van der Waals surface area contributed by atoms with Gasteiger partial charge in [-0.1, -0.05) is 12.1 Å². The fourth-order valence-corrected chi connectivity index (χ4v) is 2.29. The second-order valence-electron chi connectivity index (χ2n) is 5.08. The highest BCUT2D eigenvalue weighted by molar-refractivity contribution is 5.91. The van der Waals surface area contributed by atoms with Gasteiger partial charge in [0.1, 0.15) is 6.61 Å². The van der Waals surface area contributed by atoms with Gasteiger partial charge >= 0.3 is 5.97 Å². The maximum Gasteiger partial charge on any atom is 0.307 e. The number of carbonyl (C=O) groups excluding carboxylic acids is 1. The molecule has 0 bridgehead atoms. The van der Waals surface area contributed by atoms with Gasteiger partial charge in [-0.25, -0.2) is 0 Å². The largest absolute Gasteiger partial charge is 0.481 e. The van der Waals surface area contributed by atoms with Crippen LogP contribution in [0.5, 0.6) is 0 Å². The summed E-state index contributed by atoms with van der Waals surface area (Å²) in [5.74, 6) is -1.12. The molecule has 0 saturated carbocycles. The summed E-state index contributed by atoms with van der Waals surface area (Å²) >= 11 is 0. The number of nitrogens with one attached hydrogen (secondary N) is 2. The van der Waals surface area contributed by atoms with Gasteiger partial charge in [0.15, 0.2) is 0 Å². The first-order valence-corrected chi connectivity index (χ1v) is 7.06. The number of amides is 1. The molecule has 1 aliphatic rings. The molecular formula is C15H20N2O4. The maximum atomic E-state index is 11.8. The van der Waals surface area contributed by atoms with Crippen molar-refractivity contribution < 1.29 is 19.4 Å². The Balaban J connectivity index is 1.80. The van der Waals surface area contributed by atoms with Gasteiger partial charge < -0.3 is 20.5 Å². The van der Waals surface area contributed by atoms with E-state index < -0.39 is 5.97 Å². The Hall–Kier alpha value is -1.92. The number of hydrogen-bond acceptors (Lipinski definition) is 4. The molecule has 1 aliphatic heterocycles. The molecule has 1 saturated heterocycles. The van der Waals surface area contributed by atoms with Crippen LogP contribution in [0.3, 0.4) is 0 Å². The first-order valence-electron chi connectivity index (χ1n) is 7.06. The number of carbonyl (C=O) groups is 2. The highest BCUT2D eigenvalue weighted by Crippen LogP contribution is 2.12. The molecule has 1 amide bonds. The van der Waals surface area contributed by atoms with Gasteiger partial charge in [0, 0.05) is 5.69 Å². The molecule has 1 fully saturated rings. The van der Waals surface area contributed by atoms with Crippen LogP contribution in [-0.4, -0.2) is 42.8 Å². The van der Waals surface area contributed by atoms with Crippen LogP contribution in [0.1, 0.15) is 18.4 Å². The summed E-state index contributed by atoms with van der Waals surface area (Å²) in [6, 6.07) is 6.83. The Morgan fingerprint density at radius 1 is 1.33 bits per heavy atom. The molecule has 1 heterocycles. The Bertz CT molecular complexity index is 498. The van der Waals surface area contributed by atoms with Gasteiger partial charge in [-0.15, -0.1) is 0 Å². The predicted molar refractivity (Wildman–Crippen MR) is 78.3 cm³/mol. The van der Waals surface area contributed by atoms with Crippen LogP contribution in [0.4, 0.5) is 5.69 Å². The van der Waals surface area contributed by atoms with E-state index in [1.807, 2.05) is 0 Å². The van der Waals surface area contributed by atoms with E-state index in [2.05, 4.69) is 10.6 Å². The molecule has 1 aromatic carbocycles. The number of hydrogen-bond donors (Lipinski definition) is 3. The Kier molecular flexibility index (Phi) is 5.71. The van der Waals surface area contributed by atoms with E-state index in [-0.39, 0.29) is 25.0 Å². The second kappa shape index (κ2) is 7.75. The number of benzene rings is 1. The van der Waals surface area contributed by atoms with Crippen LogP contribution in [0.2, 0.25) is 0 Å². The molecule has 0 radical (unpaired) electrons.